The van der Waals surface area contributed by atoms with Crippen LogP contribution in [0, 0.1) is 0 Å². The molecule has 68 valence electrons. The summed E-state index contributed by atoms with van der Waals surface area (Å²) in [5.41, 5.74) is 2.84. The number of nitrogens with one attached hydrogen (secondary N) is 1. The third kappa shape index (κ3) is 1.10. The van der Waals surface area contributed by atoms with Crippen molar-refractivity contribution in [2.75, 3.05) is 13.2 Å². The average molecular weight is 175 g/mol. The fraction of sp³-hybridized carbons (Fsp3) is 0.455. The first-order valence-corrected chi connectivity index (χ1v) is 4.88. The molecule has 0 amide bonds. The van der Waals surface area contributed by atoms with Crippen molar-refractivity contribution in [1.82, 2.24) is 5.32 Å². The molecule has 0 saturated carbocycles. The highest BCUT2D eigenvalue weighted by Gasteiger charge is 2.34. The van der Waals surface area contributed by atoms with Crippen LogP contribution < -0.4 is 5.32 Å². The van der Waals surface area contributed by atoms with E-state index in [9.17, 15) is 0 Å². The molecule has 3 rings (SSSR count). The van der Waals surface area contributed by atoms with Crippen molar-refractivity contribution < 1.29 is 4.74 Å². The average Bonchev–Trinajstić information content (AvgIpc) is 2.56. The van der Waals surface area contributed by atoms with Crippen LogP contribution in [0.4, 0.5) is 0 Å². The molecule has 2 atom stereocenters. The van der Waals surface area contributed by atoms with Crippen LogP contribution >= 0.6 is 0 Å². The van der Waals surface area contributed by atoms with Crippen LogP contribution in [0.15, 0.2) is 24.3 Å². The first-order chi connectivity index (χ1) is 6.45. The highest BCUT2D eigenvalue weighted by molar-refractivity contribution is 5.36. The van der Waals surface area contributed by atoms with Crippen molar-refractivity contribution in [2.45, 2.75) is 18.6 Å². The highest BCUT2D eigenvalue weighted by Crippen LogP contribution is 2.35. The molecule has 1 aliphatic heterocycles. The second kappa shape index (κ2) is 2.82. The Labute approximate surface area is 77.9 Å². The van der Waals surface area contributed by atoms with E-state index in [-0.39, 0.29) is 0 Å². The molecule has 2 nitrogen and oxygen atoms in total. The predicted molar refractivity (Wildman–Crippen MR) is 50.6 cm³/mol. The van der Waals surface area contributed by atoms with Gasteiger partial charge in [-0.15, -0.1) is 0 Å². The van der Waals surface area contributed by atoms with Crippen LogP contribution in [0.2, 0.25) is 0 Å². The van der Waals surface area contributed by atoms with Gasteiger partial charge in [0.15, 0.2) is 0 Å². The van der Waals surface area contributed by atoms with Gasteiger partial charge in [0.1, 0.15) is 0 Å². The highest BCUT2D eigenvalue weighted by atomic mass is 16.5. The van der Waals surface area contributed by atoms with Gasteiger partial charge in [0.05, 0.1) is 12.7 Å². The van der Waals surface area contributed by atoms with E-state index in [1.165, 1.54) is 11.1 Å². The number of hydrogen-bond donors (Lipinski definition) is 1. The number of hydrogen-bond acceptors (Lipinski definition) is 2. The first-order valence-electron chi connectivity index (χ1n) is 4.88. The Morgan fingerprint density at radius 3 is 3.23 bits per heavy atom. The molecule has 1 fully saturated rings. The van der Waals surface area contributed by atoms with Gasteiger partial charge >= 0.3 is 0 Å². The fourth-order valence-electron chi connectivity index (χ4n) is 2.37. The lowest BCUT2D eigenvalue weighted by molar-refractivity contribution is 0.00358. The number of morpholine rings is 1. The van der Waals surface area contributed by atoms with Gasteiger partial charge in [-0.25, -0.2) is 0 Å². The van der Waals surface area contributed by atoms with Crippen LogP contribution in [0.5, 0.6) is 0 Å². The maximum absolute atomic E-state index is 5.77. The van der Waals surface area contributed by atoms with Crippen molar-refractivity contribution in [1.29, 1.82) is 0 Å². The molecule has 0 unspecified atom stereocenters. The monoisotopic (exact) mass is 175 g/mol. The molecule has 0 bridgehead atoms. The summed E-state index contributed by atoms with van der Waals surface area (Å²) >= 11 is 0. The second-order valence-electron chi connectivity index (χ2n) is 3.75. The molecular weight excluding hydrogens is 162 g/mol. The molecule has 1 saturated heterocycles. The minimum Gasteiger partial charge on any atom is -0.371 e. The zero-order valence-corrected chi connectivity index (χ0v) is 7.49. The van der Waals surface area contributed by atoms with Crippen molar-refractivity contribution >= 4 is 0 Å². The van der Waals surface area contributed by atoms with Crippen molar-refractivity contribution in [3.63, 3.8) is 0 Å². The minimum absolute atomic E-state index is 0.310. The first kappa shape index (κ1) is 7.54. The summed E-state index contributed by atoms with van der Waals surface area (Å²) in [5.74, 6) is 0. The Hall–Kier alpha value is -0.860. The maximum Gasteiger partial charge on any atom is 0.0984 e. The molecule has 0 spiro atoms. The zero-order valence-electron chi connectivity index (χ0n) is 7.49. The van der Waals surface area contributed by atoms with Crippen molar-refractivity contribution in [2.24, 2.45) is 0 Å². The Morgan fingerprint density at radius 1 is 1.31 bits per heavy atom. The smallest absolute Gasteiger partial charge is 0.0984 e. The maximum atomic E-state index is 5.77. The molecule has 13 heavy (non-hydrogen) atoms. The SMILES string of the molecule is c1ccc2c(c1)C[C@@H]1NCCO[C@H]21. The van der Waals surface area contributed by atoms with Gasteiger partial charge in [0.2, 0.25) is 0 Å². The van der Waals surface area contributed by atoms with E-state index in [1.807, 2.05) is 0 Å². The molecule has 1 N–H and O–H groups in total. The summed E-state index contributed by atoms with van der Waals surface area (Å²) in [7, 11) is 0. The minimum atomic E-state index is 0.310. The summed E-state index contributed by atoms with van der Waals surface area (Å²) in [6, 6.07) is 9.12. The normalized spacial score (nSPS) is 31.1. The number of fused-ring (bicyclic) bond motifs is 3. The summed E-state index contributed by atoms with van der Waals surface area (Å²) in [6.07, 6.45) is 1.44. The van der Waals surface area contributed by atoms with Gasteiger partial charge < -0.3 is 10.1 Å². The largest absolute Gasteiger partial charge is 0.371 e. The molecule has 0 radical (unpaired) electrons. The quantitative estimate of drug-likeness (QED) is 0.641. The molecule has 0 aromatic heterocycles. The van der Waals surface area contributed by atoms with E-state index in [4.69, 9.17) is 4.74 Å². The Kier molecular flexibility index (Phi) is 1.64. The van der Waals surface area contributed by atoms with E-state index in [1.54, 1.807) is 0 Å². The summed E-state index contributed by atoms with van der Waals surface area (Å²) in [5, 5.41) is 3.50. The van der Waals surface area contributed by atoms with Crippen LogP contribution in [0.3, 0.4) is 0 Å². The predicted octanol–water partition coefficient (Wildman–Crippen LogP) is 1.27. The van der Waals surface area contributed by atoms with E-state index < -0.39 is 0 Å². The topological polar surface area (TPSA) is 21.3 Å². The molecular formula is C11H13NO. The Bertz CT molecular complexity index is 324. The standard InChI is InChI=1S/C11H13NO/c1-2-4-9-8(3-1)7-10-11(9)13-6-5-12-10/h1-4,10-12H,5-7H2/t10-,11+/m0/s1. The molecule has 2 heteroatoms. The van der Waals surface area contributed by atoms with Crippen molar-refractivity contribution in [3.8, 4) is 0 Å². The molecule has 1 aromatic carbocycles. The summed E-state index contributed by atoms with van der Waals surface area (Å²) < 4.78 is 5.77. The van der Waals surface area contributed by atoms with Gasteiger partial charge in [0.25, 0.3) is 0 Å². The molecule has 1 heterocycles. The zero-order chi connectivity index (χ0) is 8.67. The lowest BCUT2D eigenvalue weighted by Crippen LogP contribution is -2.41. The van der Waals surface area contributed by atoms with Gasteiger partial charge in [-0.1, -0.05) is 24.3 Å². The van der Waals surface area contributed by atoms with Crippen LogP contribution in [0.1, 0.15) is 17.2 Å². The second-order valence-corrected chi connectivity index (χ2v) is 3.75. The Balaban J connectivity index is 2.01. The van der Waals surface area contributed by atoms with Gasteiger partial charge in [-0.2, -0.15) is 0 Å². The van der Waals surface area contributed by atoms with Crippen LogP contribution in [-0.2, 0) is 11.2 Å². The number of benzene rings is 1. The van der Waals surface area contributed by atoms with E-state index >= 15 is 0 Å². The number of ether oxygens (including phenoxy) is 1. The Morgan fingerprint density at radius 2 is 2.23 bits per heavy atom. The third-order valence-electron chi connectivity index (χ3n) is 2.97. The summed E-state index contributed by atoms with van der Waals surface area (Å²) in [6.45, 7) is 1.84. The fourth-order valence-corrected chi connectivity index (χ4v) is 2.37. The third-order valence-corrected chi connectivity index (χ3v) is 2.97. The van der Waals surface area contributed by atoms with E-state index in [0.717, 1.165) is 19.6 Å². The van der Waals surface area contributed by atoms with Crippen LogP contribution in [0.25, 0.3) is 0 Å². The van der Waals surface area contributed by atoms with Gasteiger partial charge in [-0.05, 0) is 17.5 Å². The number of rotatable bonds is 0. The van der Waals surface area contributed by atoms with Gasteiger partial charge in [0, 0.05) is 12.6 Å². The van der Waals surface area contributed by atoms with Gasteiger partial charge in [-0.3, -0.25) is 0 Å². The lowest BCUT2D eigenvalue weighted by atomic mass is 10.1. The van der Waals surface area contributed by atoms with Crippen LogP contribution in [-0.4, -0.2) is 19.2 Å². The lowest BCUT2D eigenvalue weighted by Gasteiger charge is -2.27. The molecule has 2 aliphatic rings. The van der Waals surface area contributed by atoms with Crippen molar-refractivity contribution in [3.05, 3.63) is 35.4 Å². The van der Waals surface area contributed by atoms with E-state index in [0.29, 0.717) is 12.1 Å². The van der Waals surface area contributed by atoms with E-state index in [2.05, 4.69) is 29.6 Å². The molecule has 1 aromatic rings. The summed E-state index contributed by atoms with van der Waals surface area (Å²) in [4.78, 5) is 0. The molecule has 1 aliphatic carbocycles.